The Morgan fingerprint density at radius 3 is 2.24 bits per heavy atom. The zero-order chi connectivity index (χ0) is 17.7. The van der Waals surface area contributed by atoms with Gasteiger partial charge in [0, 0.05) is 31.6 Å². The van der Waals surface area contributed by atoms with Crippen LogP contribution in [-0.2, 0) is 10.0 Å². The van der Waals surface area contributed by atoms with Gasteiger partial charge in [-0.25, -0.2) is 8.42 Å². The summed E-state index contributed by atoms with van der Waals surface area (Å²) in [6, 6.07) is 17.2. The fourth-order valence-electron chi connectivity index (χ4n) is 2.89. The maximum absolute atomic E-state index is 12.5. The summed E-state index contributed by atoms with van der Waals surface area (Å²) in [5, 5.41) is 1.29. The van der Waals surface area contributed by atoms with Gasteiger partial charge >= 0.3 is 0 Å². The number of benzene rings is 2. The Labute approximate surface area is 149 Å². The third-order valence-electron chi connectivity index (χ3n) is 4.26. The van der Waals surface area contributed by atoms with Crippen molar-refractivity contribution in [3.05, 3.63) is 65.6 Å². The standard InChI is InChI=1S/C19H22N2O3S/c1-24-19-10-6-5-9-18(19)20-12-14-21(15-13-20)25(22,23)16-11-17-7-3-2-4-8-17/h2-11,16H,12-15H2,1H3. The summed E-state index contributed by atoms with van der Waals surface area (Å²) in [6.07, 6.45) is 1.64. The van der Waals surface area contributed by atoms with Crippen molar-refractivity contribution < 1.29 is 13.2 Å². The Hall–Kier alpha value is -2.31. The molecule has 0 saturated carbocycles. The minimum Gasteiger partial charge on any atom is -0.495 e. The van der Waals surface area contributed by atoms with E-state index in [9.17, 15) is 8.42 Å². The number of sulfonamides is 1. The number of methoxy groups -OCH3 is 1. The molecule has 0 spiro atoms. The van der Waals surface area contributed by atoms with Crippen molar-refractivity contribution in [2.24, 2.45) is 0 Å². The number of anilines is 1. The predicted molar refractivity (Wildman–Crippen MR) is 101 cm³/mol. The van der Waals surface area contributed by atoms with Crippen LogP contribution in [0.1, 0.15) is 5.56 Å². The third-order valence-corrected chi connectivity index (χ3v) is 5.82. The molecule has 5 nitrogen and oxygen atoms in total. The number of rotatable bonds is 5. The molecule has 1 aliphatic rings. The minimum atomic E-state index is -3.41. The van der Waals surface area contributed by atoms with Gasteiger partial charge in [0.1, 0.15) is 5.75 Å². The monoisotopic (exact) mass is 358 g/mol. The molecule has 1 heterocycles. The minimum absolute atomic E-state index is 0.458. The summed E-state index contributed by atoms with van der Waals surface area (Å²) in [5.74, 6) is 0.808. The Bertz CT molecular complexity index is 827. The van der Waals surface area contributed by atoms with Gasteiger partial charge in [0.2, 0.25) is 10.0 Å². The molecule has 0 bridgehead atoms. The zero-order valence-corrected chi connectivity index (χ0v) is 15.0. The summed E-state index contributed by atoms with van der Waals surface area (Å²) in [6.45, 7) is 2.19. The predicted octanol–water partition coefficient (Wildman–Crippen LogP) is 2.82. The molecule has 0 N–H and O–H groups in total. The number of nitrogens with zero attached hydrogens (tertiary/aromatic N) is 2. The molecule has 2 aromatic carbocycles. The largest absolute Gasteiger partial charge is 0.495 e. The van der Waals surface area contributed by atoms with E-state index < -0.39 is 10.0 Å². The maximum atomic E-state index is 12.5. The molecule has 2 aromatic rings. The van der Waals surface area contributed by atoms with Gasteiger partial charge in [-0.05, 0) is 23.8 Å². The lowest BCUT2D eigenvalue weighted by molar-refractivity contribution is 0.382. The maximum Gasteiger partial charge on any atom is 0.236 e. The van der Waals surface area contributed by atoms with Crippen LogP contribution >= 0.6 is 0 Å². The first-order valence-electron chi connectivity index (χ1n) is 8.21. The highest BCUT2D eigenvalue weighted by atomic mass is 32.2. The summed E-state index contributed by atoms with van der Waals surface area (Å²) < 4.78 is 32.0. The Morgan fingerprint density at radius 1 is 0.920 bits per heavy atom. The second-order valence-electron chi connectivity index (χ2n) is 5.82. The molecule has 25 heavy (non-hydrogen) atoms. The van der Waals surface area contributed by atoms with Crippen LogP contribution in [0, 0.1) is 0 Å². The van der Waals surface area contributed by atoms with Gasteiger partial charge in [-0.3, -0.25) is 0 Å². The van der Waals surface area contributed by atoms with Crippen LogP contribution in [0.15, 0.2) is 60.0 Å². The van der Waals surface area contributed by atoms with Gasteiger partial charge in [-0.15, -0.1) is 0 Å². The number of hydrogen-bond acceptors (Lipinski definition) is 4. The highest BCUT2D eigenvalue weighted by Gasteiger charge is 2.26. The van der Waals surface area contributed by atoms with Crippen LogP contribution in [0.5, 0.6) is 5.75 Å². The Balaban J connectivity index is 1.66. The molecule has 1 aliphatic heterocycles. The van der Waals surface area contributed by atoms with Crippen molar-refractivity contribution >= 4 is 21.8 Å². The highest BCUT2D eigenvalue weighted by Crippen LogP contribution is 2.28. The first-order chi connectivity index (χ1) is 12.1. The molecule has 0 unspecified atom stereocenters. The smallest absolute Gasteiger partial charge is 0.236 e. The van der Waals surface area contributed by atoms with Crippen LogP contribution in [0.4, 0.5) is 5.69 Å². The van der Waals surface area contributed by atoms with E-state index in [-0.39, 0.29) is 0 Å². The number of para-hydroxylation sites is 2. The average Bonchev–Trinajstić information content (AvgIpc) is 2.67. The topological polar surface area (TPSA) is 49.9 Å². The van der Waals surface area contributed by atoms with E-state index in [1.54, 1.807) is 13.2 Å². The van der Waals surface area contributed by atoms with Crippen LogP contribution in [0.2, 0.25) is 0 Å². The second-order valence-corrected chi connectivity index (χ2v) is 7.63. The SMILES string of the molecule is COc1ccccc1N1CCN(S(=O)(=O)C=Cc2ccccc2)CC1. The Kier molecular flexibility index (Phi) is 5.40. The van der Waals surface area contributed by atoms with Crippen LogP contribution in [-0.4, -0.2) is 46.0 Å². The van der Waals surface area contributed by atoms with E-state index in [0.717, 1.165) is 17.0 Å². The molecule has 0 atom stereocenters. The van der Waals surface area contributed by atoms with Crippen molar-refractivity contribution in [3.63, 3.8) is 0 Å². The summed E-state index contributed by atoms with van der Waals surface area (Å²) >= 11 is 0. The second kappa shape index (κ2) is 7.72. The van der Waals surface area contributed by atoms with Gasteiger partial charge in [0.25, 0.3) is 0 Å². The van der Waals surface area contributed by atoms with Crippen molar-refractivity contribution in [2.45, 2.75) is 0 Å². The number of ether oxygens (including phenoxy) is 1. The Morgan fingerprint density at radius 2 is 1.56 bits per heavy atom. The quantitative estimate of drug-likeness (QED) is 0.825. The normalized spacial score (nSPS) is 16.3. The molecule has 0 aliphatic carbocycles. The van der Waals surface area contributed by atoms with E-state index >= 15 is 0 Å². The van der Waals surface area contributed by atoms with Gasteiger partial charge in [0.15, 0.2) is 0 Å². The molecule has 0 amide bonds. The van der Waals surface area contributed by atoms with Gasteiger partial charge < -0.3 is 9.64 Å². The van der Waals surface area contributed by atoms with E-state index in [1.807, 2.05) is 54.6 Å². The molecule has 1 fully saturated rings. The molecular weight excluding hydrogens is 336 g/mol. The van der Waals surface area contributed by atoms with Crippen molar-refractivity contribution in [3.8, 4) is 5.75 Å². The third kappa shape index (κ3) is 4.21. The van der Waals surface area contributed by atoms with E-state index in [0.29, 0.717) is 26.2 Å². The lowest BCUT2D eigenvalue weighted by Gasteiger charge is -2.35. The molecule has 1 saturated heterocycles. The van der Waals surface area contributed by atoms with E-state index in [2.05, 4.69) is 4.90 Å². The fraction of sp³-hybridized carbons (Fsp3) is 0.263. The molecule has 132 valence electrons. The summed E-state index contributed by atoms with van der Waals surface area (Å²) in [4.78, 5) is 2.16. The average molecular weight is 358 g/mol. The van der Waals surface area contributed by atoms with Crippen molar-refractivity contribution in [1.29, 1.82) is 0 Å². The molecular formula is C19H22N2O3S. The van der Waals surface area contributed by atoms with Crippen molar-refractivity contribution in [2.75, 3.05) is 38.2 Å². The van der Waals surface area contributed by atoms with Gasteiger partial charge in [-0.1, -0.05) is 42.5 Å². The van der Waals surface area contributed by atoms with E-state index in [1.165, 1.54) is 9.71 Å². The highest BCUT2D eigenvalue weighted by molar-refractivity contribution is 7.92. The molecule has 0 radical (unpaired) electrons. The van der Waals surface area contributed by atoms with Gasteiger partial charge in [0.05, 0.1) is 12.8 Å². The van der Waals surface area contributed by atoms with Crippen LogP contribution in [0.25, 0.3) is 6.08 Å². The first kappa shape index (κ1) is 17.5. The fourth-order valence-corrected chi connectivity index (χ4v) is 4.06. The molecule has 0 aromatic heterocycles. The van der Waals surface area contributed by atoms with Crippen LogP contribution < -0.4 is 9.64 Å². The summed E-state index contributed by atoms with van der Waals surface area (Å²) in [5.41, 5.74) is 1.88. The van der Waals surface area contributed by atoms with Crippen LogP contribution in [0.3, 0.4) is 0 Å². The summed E-state index contributed by atoms with van der Waals surface area (Å²) in [7, 11) is -1.76. The van der Waals surface area contributed by atoms with E-state index in [4.69, 9.17) is 4.74 Å². The molecule has 6 heteroatoms. The zero-order valence-electron chi connectivity index (χ0n) is 14.2. The van der Waals surface area contributed by atoms with Gasteiger partial charge in [-0.2, -0.15) is 4.31 Å². The van der Waals surface area contributed by atoms with Crippen molar-refractivity contribution in [1.82, 2.24) is 4.31 Å². The number of piperazine rings is 1. The lowest BCUT2D eigenvalue weighted by atomic mass is 10.2. The molecule has 3 rings (SSSR count). The first-order valence-corrected chi connectivity index (χ1v) is 9.72. The number of hydrogen-bond donors (Lipinski definition) is 0. The lowest BCUT2D eigenvalue weighted by Crippen LogP contribution is -2.48.